The average Bonchev–Trinajstić information content (AvgIpc) is 3.00. The van der Waals surface area contributed by atoms with Crippen molar-refractivity contribution >= 4 is 28.1 Å². The Morgan fingerprint density at radius 1 is 1.25 bits per heavy atom. The van der Waals surface area contributed by atoms with Gasteiger partial charge >= 0.3 is 0 Å². The lowest BCUT2D eigenvalue weighted by Gasteiger charge is -2.11. The maximum atomic E-state index is 6.07. The molecule has 0 aliphatic rings. The number of fused-ring (bicyclic) bond motifs is 1. The lowest BCUT2D eigenvalue weighted by molar-refractivity contribution is 0.520. The van der Waals surface area contributed by atoms with E-state index in [2.05, 4.69) is 42.0 Å². The van der Waals surface area contributed by atoms with E-state index in [4.69, 9.17) is 10.7 Å². The first kappa shape index (κ1) is 13.2. The van der Waals surface area contributed by atoms with Gasteiger partial charge in [0, 0.05) is 17.8 Å². The number of nitrogen functional groups attached to an aromatic ring is 1. The molecular weight excluding hydrogens is 266 g/mol. The standard InChI is InChI=1S/C16H19N3S/c1-11(2)10-19-14-7-3-6-13(17)16(14)18-15(19)9-12-5-4-8-20-12/h3-8,11H,9-10,17H2,1-2H3. The minimum atomic E-state index is 0.580. The number of imidazole rings is 1. The Morgan fingerprint density at radius 2 is 2.10 bits per heavy atom. The highest BCUT2D eigenvalue weighted by Gasteiger charge is 2.14. The number of hydrogen-bond acceptors (Lipinski definition) is 3. The molecule has 4 heteroatoms. The number of benzene rings is 1. The molecule has 0 bridgehead atoms. The van der Waals surface area contributed by atoms with E-state index in [1.54, 1.807) is 11.3 Å². The summed E-state index contributed by atoms with van der Waals surface area (Å²) in [7, 11) is 0. The van der Waals surface area contributed by atoms with E-state index in [0.717, 1.165) is 35.5 Å². The fourth-order valence-corrected chi connectivity index (χ4v) is 3.19. The second kappa shape index (κ2) is 5.29. The molecule has 0 saturated heterocycles. The number of hydrogen-bond donors (Lipinski definition) is 1. The summed E-state index contributed by atoms with van der Waals surface area (Å²) < 4.78 is 2.32. The van der Waals surface area contributed by atoms with Crippen LogP contribution in [-0.2, 0) is 13.0 Å². The molecule has 1 aromatic carbocycles. The van der Waals surface area contributed by atoms with Crippen LogP contribution in [0.3, 0.4) is 0 Å². The molecule has 2 aromatic heterocycles. The molecule has 0 aliphatic heterocycles. The first-order valence-electron chi connectivity index (χ1n) is 6.91. The Bertz CT molecular complexity index is 711. The Hall–Kier alpha value is -1.81. The molecule has 0 atom stereocenters. The fourth-order valence-electron chi connectivity index (χ4n) is 2.49. The zero-order chi connectivity index (χ0) is 14.1. The van der Waals surface area contributed by atoms with Crippen LogP contribution in [0.4, 0.5) is 5.69 Å². The maximum Gasteiger partial charge on any atom is 0.115 e. The van der Waals surface area contributed by atoms with Crippen LogP contribution in [-0.4, -0.2) is 9.55 Å². The molecule has 0 amide bonds. The summed E-state index contributed by atoms with van der Waals surface area (Å²) >= 11 is 1.77. The Labute approximate surface area is 123 Å². The van der Waals surface area contributed by atoms with E-state index < -0.39 is 0 Å². The molecule has 0 radical (unpaired) electrons. The second-order valence-corrected chi connectivity index (χ2v) is 6.54. The summed E-state index contributed by atoms with van der Waals surface area (Å²) in [5.41, 5.74) is 8.90. The van der Waals surface area contributed by atoms with Gasteiger partial charge in [0.2, 0.25) is 0 Å². The van der Waals surface area contributed by atoms with Crippen molar-refractivity contribution in [2.45, 2.75) is 26.8 Å². The molecule has 3 rings (SSSR count). The van der Waals surface area contributed by atoms with Crippen LogP contribution in [0.15, 0.2) is 35.7 Å². The monoisotopic (exact) mass is 285 g/mol. The van der Waals surface area contributed by atoms with Gasteiger partial charge in [-0.05, 0) is 29.5 Å². The number of nitrogens with two attached hydrogens (primary N) is 1. The van der Waals surface area contributed by atoms with Gasteiger partial charge in [-0.1, -0.05) is 26.0 Å². The number of nitrogens with zero attached hydrogens (tertiary/aromatic N) is 2. The van der Waals surface area contributed by atoms with Gasteiger partial charge in [-0.3, -0.25) is 0 Å². The zero-order valence-corrected chi connectivity index (χ0v) is 12.7. The van der Waals surface area contributed by atoms with Gasteiger partial charge < -0.3 is 10.3 Å². The molecule has 0 saturated carbocycles. The average molecular weight is 285 g/mol. The van der Waals surface area contributed by atoms with Crippen LogP contribution in [0.5, 0.6) is 0 Å². The van der Waals surface area contributed by atoms with Crippen LogP contribution >= 0.6 is 11.3 Å². The van der Waals surface area contributed by atoms with Crippen molar-refractivity contribution in [1.29, 1.82) is 0 Å². The van der Waals surface area contributed by atoms with E-state index in [1.165, 1.54) is 4.88 Å². The molecule has 0 spiro atoms. The van der Waals surface area contributed by atoms with Crippen LogP contribution in [0.25, 0.3) is 11.0 Å². The molecule has 3 aromatic rings. The SMILES string of the molecule is CC(C)Cn1c(Cc2cccs2)nc2c(N)cccc21. The van der Waals surface area contributed by atoms with Gasteiger partial charge in [-0.2, -0.15) is 0 Å². The highest BCUT2D eigenvalue weighted by Crippen LogP contribution is 2.25. The predicted octanol–water partition coefficient (Wildman–Crippen LogP) is 3.93. The first-order valence-corrected chi connectivity index (χ1v) is 7.79. The minimum absolute atomic E-state index is 0.580. The maximum absolute atomic E-state index is 6.07. The van der Waals surface area contributed by atoms with Crippen molar-refractivity contribution in [2.24, 2.45) is 5.92 Å². The summed E-state index contributed by atoms with van der Waals surface area (Å²) in [5, 5.41) is 2.11. The first-order chi connectivity index (χ1) is 9.65. The minimum Gasteiger partial charge on any atom is -0.397 e. The van der Waals surface area contributed by atoms with Gasteiger partial charge in [0.25, 0.3) is 0 Å². The molecule has 2 N–H and O–H groups in total. The number of rotatable bonds is 4. The fraction of sp³-hybridized carbons (Fsp3) is 0.312. The van der Waals surface area contributed by atoms with Crippen LogP contribution in [0.1, 0.15) is 24.5 Å². The lowest BCUT2D eigenvalue weighted by atomic mass is 10.2. The predicted molar refractivity (Wildman–Crippen MR) is 86.1 cm³/mol. The van der Waals surface area contributed by atoms with Crippen molar-refractivity contribution in [3.63, 3.8) is 0 Å². The molecule has 0 fully saturated rings. The molecule has 20 heavy (non-hydrogen) atoms. The smallest absolute Gasteiger partial charge is 0.115 e. The molecule has 0 unspecified atom stereocenters. The Morgan fingerprint density at radius 3 is 2.80 bits per heavy atom. The van der Waals surface area contributed by atoms with Crippen molar-refractivity contribution in [2.75, 3.05) is 5.73 Å². The summed E-state index contributed by atoms with van der Waals surface area (Å²) in [6, 6.07) is 10.3. The van der Waals surface area contributed by atoms with E-state index >= 15 is 0 Å². The number of aromatic nitrogens is 2. The molecule has 104 valence electrons. The summed E-state index contributed by atoms with van der Waals surface area (Å²) in [5.74, 6) is 1.69. The zero-order valence-electron chi connectivity index (χ0n) is 11.8. The molecule has 3 nitrogen and oxygen atoms in total. The van der Waals surface area contributed by atoms with Crippen molar-refractivity contribution in [1.82, 2.24) is 9.55 Å². The van der Waals surface area contributed by atoms with Gasteiger partial charge in [-0.15, -0.1) is 11.3 Å². The summed E-state index contributed by atoms with van der Waals surface area (Å²) in [6.45, 7) is 5.43. The van der Waals surface area contributed by atoms with Crippen LogP contribution in [0, 0.1) is 5.92 Å². The quantitative estimate of drug-likeness (QED) is 0.738. The third-order valence-electron chi connectivity index (χ3n) is 3.35. The van der Waals surface area contributed by atoms with E-state index in [1.807, 2.05) is 12.1 Å². The lowest BCUT2D eigenvalue weighted by Crippen LogP contribution is -2.08. The third kappa shape index (κ3) is 2.43. The highest BCUT2D eigenvalue weighted by atomic mass is 32.1. The van der Waals surface area contributed by atoms with Gasteiger partial charge in [0.1, 0.15) is 11.3 Å². The van der Waals surface area contributed by atoms with Gasteiger partial charge in [0.05, 0.1) is 11.2 Å². The summed E-state index contributed by atoms with van der Waals surface area (Å²) in [4.78, 5) is 6.12. The van der Waals surface area contributed by atoms with Crippen molar-refractivity contribution < 1.29 is 0 Å². The van der Waals surface area contributed by atoms with Crippen LogP contribution < -0.4 is 5.73 Å². The topological polar surface area (TPSA) is 43.8 Å². The van der Waals surface area contributed by atoms with E-state index in [0.29, 0.717) is 5.92 Å². The third-order valence-corrected chi connectivity index (χ3v) is 4.23. The Balaban J connectivity index is 2.11. The molecule has 0 aliphatic carbocycles. The van der Waals surface area contributed by atoms with Crippen molar-refractivity contribution in [3.8, 4) is 0 Å². The van der Waals surface area contributed by atoms with E-state index in [9.17, 15) is 0 Å². The largest absolute Gasteiger partial charge is 0.397 e. The normalized spacial score (nSPS) is 11.6. The second-order valence-electron chi connectivity index (χ2n) is 5.50. The highest BCUT2D eigenvalue weighted by molar-refractivity contribution is 7.09. The number of thiophene rings is 1. The van der Waals surface area contributed by atoms with Gasteiger partial charge in [-0.25, -0.2) is 4.98 Å². The summed E-state index contributed by atoms with van der Waals surface area (Å²) in [6.07, 6.45) is 0.874. The molecular formula is C16H19N3S. The number of anilines is 1. The van der Waals surface area contributed by atoms with Crippen LogP contribution in [0.2, 0.25) is 0 Å². The number of para-hydroxylation sites is 1. The Kier molecular flexibility index (Phi) is 3.49. The molecule has 2 heterocycles. The van der Waals surface area contributed by atoms with E-state index in [-0.39, 0.29) is 0 Å². The van der Waals surface area contributed by atoms with Crippen molar-refractivity contribution in [3.05, 3.63) is 46.4 Å². The van der Waals surface area contributed by atoms with Gasteiger partial charge in [0.15, 0.2) is 0 Å².